The summed E-state index contributed by atoms with van der Waals surface area (Å²) >= 11 is 0. The van der Waals surface area contributed by atoms with Gasteiger partial charge in [0, 0.05) is 18.9 Å². The van der Waals surface area contributed by atoms with E-state index < -0.39 is 5.60 Å². The first-order chi connectivity index (χ1) is 7.58. The summed E-state index contributed by atoms with van der Waals surface area (Å²) in [6.07, 6.45) is 1.61. The molecule has 0 spiro atoms. The first-order valence-corrected chi connectivity index (χ1v) is 5.79. The van der Waals surface area contributed by atoms with Gasteiger partial charge in [0.25, 0.3) is 0 Å². The van der Waals surface area contributed by atoms with Gasteiger partial charge in [-0.3, -0.25) is 0 Å². The van der Waals surface area contributed by atoms with Crippen molar-refractivity contribution in [3.8, 4) is 5.75 Å². The molecule has 1 heterocycles. The van der Waals surface area contributed by atoms with E-state index in [1.807, 2.05) is 19.1 Å². The molecule has 3 heteroatoms. The lowest BCUT2D eigenvalue weighted by Crippen LogP contribution is -2.38. The summed E-state index contributed by atoms with van der Waals surface area (Å²) in [5.41, 5.74) is 0.286. The maximum Gasteiger partial charge on any atom is 0.115 e. The predicted octanol–water partition coefficient (Wildman–Crippen LogP) is 1.30. The Bertz CT molecular complexity index is 357. The smallest absolute Gasteiger partial charge is 0.115 e. The Kier molecular flexibility index (Phi) is 3.17. The van der Waals surface area contributed by atoms with Crippen LogP contribution in [0.3, 0.4) is 0 Å². The van der Waals surface area contributed by atoms with Gasteiger partial charge in [0.2, 0.25) is 0 Å². The number of nitrogens with one attached hydrogen (secondary N) is 1. The van der Waals surface area contributed by atoms with Crippen molar-refractivity contribution in [2.45, 2.75) is 25.4 Å². The summed E-state index contributed by atoms with van der Waals surface area (Å²) in [7, 11) is 0. The second kappa shape index (κ2) is 4.44. The molecule has 1 fully saturated rings. The van der Waals surface area contributed by atoms with E-state index in [2.05, 4.69) is 5.32 Å². The molecule has 3 N–H and O–H groups in total. The number of aromatic hydroxyl groups is 1. The van der Waals surface area contributed by atoms with E-state index in [0.29, 0.717) is 12.3 Å². The zero-order chi connectivity index (χ0) is 11.6. The van der Waals surface area contributed by atoms with Crippen LogP contribution in [0.15, 0.2) is 24.3 Å². The van der Waals surface area contributed by atoms with Gasteiger partial charge >= 0.3 is 0 Å². The molecule has 16 heavy (non-hydrogen) atoms. The summed E-state index contributed by atoms with van der Waals surface area (Å²) in [6, 6.07) is 7.12. The summed E-state index contributed by atoms with van der Waals surface area (Å²) in [5, 5.41) is 23.1. The molecule has 0 aliphatic carbocycles. The van der Waals surface area contributed by atoms with Gasteiger partial charge < -0.3 is 15.5 Å². The summed E-state index contributed by atoms with van der Waals surface area (Å²) in [4.78, 5) is 0. The third kappa shape index (κ3) is 2.54. The van der Waals surface area contributed by atoms with Gasteiger partial charge in [-0.1, -0.05) is 12.1 Å². The average molecular weight is 221 g/mol. The van der Waals surface area contributed by atoms with Crippen molar-refractivity contribution >= 4 is 0 Å². The second-order valence-corrected chi connectivity index (χ2v) is 4.89. The Hall–Kier alpha value is -1.06. The number of hydrogen-bond donors (Lipinski definition) is 3. The van der Waals surface area contributed by atoms with Crippen LogP contribution in [0.1, 0.15) is 18.9 Å². The molecule has 2 unspecified atom stereocenters. The molecule has 0 bridgehead atoms. The SMILES string of the molecule is CC(O)(Cc1cccc(O)c1)C1CCNC1. The minimum Gasteiger partial charge on any atom is -0.508 e. The van der Waals surface area contributed by atoms with Crippen molar-refractivity contribution in [1.82, 2.24) is 5.32 Å². The highest BCUT2D eigenvalue weighted by molar-refractivity contribution is 5.28. The van der Waals surface area contributed by atoms with Crippen LogP contribution in [0.25, 0.3) is 0 Å². The lowest BCUT2D eigenvalue weighted by atomic mass is 9.83. The van der Waals surface area contributed by atoms with Crippen molar-refractivity contribution < 1.29 is 10.2 Å². The molecule has 1 aliphatic rings. The van der Waals surface area contributed by atoms with Crippen molar-refractivity contribution in [1.29, 1.82) is 0 Å². The number of aliphatic hydroxyl groups is 1. The number of hydrogen-bond acceptors (Lipinski definition) is 3. The second-order valence-electron chi connectivity index (χ2n) is 4.89. The van der Waals surface area contributed by atoms with E-state index in [-0.39, 0.29) is 5.75 Å². The van der Waals surface area contributed by atoms with Gasteiger partial charge in [0.05, 0.1) is 5.60 Å². The Morgan fingerprint density at radius 1 is 1.50 bits per heavy atom. The topological polar surface area (TPSA) is 52.5 Å². The quantitative estimate of drug-likeness (QED) is 0.721. The van der Waals surface area contributed by atoms with Gasteiger partial charge in [-0.15, -0.1) is 0 Å². The van der Waals surface area contributed by atoms with Gasteiger partial charge in [-0.05, 0) is 37.6 Å². The van der Waals surface area contributed by atoms with E-state index in [0.717, 1.165) is 25.1 Å². The molecule has 2 atom stereocenters. The van der Waals surface area contributed by atoms with Crippen LogP contribution in [-0.4, -0.2) is 28.9 Å². The summed E-state index contributed by atoms with van der Waals surface area (Å²) < 4.78 is 0. The Morgan fingerprint density at radius 2 is 2.31 bits per heavy atom. The molecule has 1 aliphatic heterocycles. The van der Waals surface area contributed by atoms with Gasteiger partial charge in [0.1, 0.15) is 5.75 Å². The maximum atomic E-state index is 10.4. The van der Waals surface area contributed by atoms with Crippen LogP contribution in [0.4, 0.5) is 0 Å². The Morgan fingerprint density at radius 3 is 2.94 bits per heavy atom. The minimum atomic E-state index is -0.697. The highest BCUT2D eigenvalue weighted by atomic mass is 16.3. The first-order valence-electron chi connectivity index (χ1n) is 5.79. The molecular formula is C13H19NO2. The fourth-order valence-corrected chi connectivity index (χ4v) is 2.41. The van der Waals surface area contributed by atoms with E-state index in [9.17, 15) is 10.2 Å². The molecule has 1 aromatic carbocycles. The third-order valence-electron chi connectivity index (χ3n) is 3.41. The van der Waals surface area contributed by atoms with Crippen LogP contribution in [0.2, 0.25) is 0 Å². The zero-order valence-corrected chi connectivity index (χ0v) is 9.61. The zero-order valence-electron chi connectivity index (χ0n) is 9.61. The first kappa shape index (κ1) is 11.4. The molecule has 1 aromatic rings. The lowest BCUT2D eigenvalue weighted by molar-refractivity contribution is 0.00724. The van der Waals surface area contributed by atoms with Crippen LogP contribution in [0.5, 0.6) is 5.75 Å². The van der Waals surface area contributed by atoms with Crippen LogP contribution in [0, 0.1) is 5.92 Å². The maximum absolute atomic E-state index is 10.4. The Balaban J connectivity index is 2.07. The fourth-order valence-electron chi connectivity index (χ4n) is 2.41. The monoisotopic (exact) mass is 221 g/mol. The number of benzene rings is 1. The molecule has 1 saturated heterocycles. The lowest BCUT2D eigenvalue weighted by Gasteiger charge is -2.29. The third-order valence-corrected chi connectivity index (χ3v) is 3.41. The van der Waals surface area contributed by atoms with E-state index in [4.69, 9.17) is 0 Å². The highest BCUT2D eigenvalue weighted by Crippen LogP contribution is 2.27. The number of phenols is 1. The molecular weight excluding hydrogens is 202 g/mol. The number of rotatable bonds is 3. The minimum absolute atomic E-state index is 0.262. The summed E-state index contributed by atoms with van der Waals surface area (Å²) in [6.45, 7) is 3.75. The van der Waals surface area contributed by atoms with Crippen LogP contribution < -0.4 is 5.32 Å². The standard InChI is InChI=1S/C13H19NO2/c1-13(16,11-5-6-14-9-11)8-10-3-2-4-12(15)7-10/h2-4,7,11,14-16H,5-6,8-9H2,1H3. The molecule has 0 radical (unpaired) electrons. The fraction of sp³-hybridized carbons (Fsp3) is 0.538. The van der Waals surface area contributed by atoms with Crippen molar-refractivity contribution in [3.63, 3.8) is 0 Å². The molecule has 3 nitrogen and oxygen atoms in total. The molecule has 2 rings (SSSR count). The number of phenolic OH excluding ortho intramolecular Hbond substituents is 1. The van der Waals surface area contributed by atoms with E-state index >= 15 is 0 Å². The van der Waals surface area contributed by atoms with Gasteiger partial charge in [-0.25, -0.2) is 0 Å². The molecule has 0 saturated carbocycles. The van der Waals surface area contributed by atoms with Crippen molar-refractivity contribution in [2.75, 3.05) is 13.1 Å². The molecule has 88 valence electrons. The van der Waals surface area contributed by atoms with Crippen molar-refractivity contribution in [2.24, 2.45) is 5.92 Å². The van der Waals surface area contributed by atoms with Crippen LogP contribution >= 0.6 is 0 Å². The van der Waals surface area contributed by atoms with Gasteiger partial charge in [-0.2, -0.15) is 0 Å². The van der Waals surface area contributed by atoms with Crippen molar-refractivity contribution in [3.05, 3.63) is 29.8 Å². The highest BCUT2D eigenvalue weighted by Gasteiger charge is 2.33. The molecule has 0 aromatic heterocycles. The normalized spacial score (nSPS) is 24.2. The largest absolute Gasteiger partial charge is 0.508 e. The van der Waals surface area contributed by atoms with Crippen LogP contribution in [-0.2, 0) is 6.42 Å². The molecule has 0 amide bonds. The Labute approximate surface area is 96.1 Å². The predicted molar refractivity (Wildman–Crippen MR) is 63.4 cm³/mol. The average Bonchev–Trinajstić information content (AvgIpc) is 2.69. The summed E-state index contributed by atoms with van der Waals surface area (Å²) in [5.74, 6) is 0.563. The van der Waals surface area contributed by atoms with Gasteiger partial charge in [0.15, 0.2) is 0 Å². The van der Waals surface area contributed by atoms with E-state index in [1.165, 1.54) is 0 Å². The van der Waals surface area contributed by atoms with E-state index in [1.54, 1.807) is 12.1 Å².